The van der Waals surface area contributed by atoms with Crippen molar-refractivity contribution in [3.05, 3.63) is 48.0 Å². The molecule has 0 bridgehead atoms. The minimum Gasteiger partial charge on any atom is -0.399 e. The molecule has 2 aromatic rings. The lowest BCUT2D eigenvalue weighted by atomic mass is 10.0. The number of anilines is 2. The van der Waals surface area contributed by atoms with Crippen LogP contribution in [0.5, 0.6) is 0 Å². The Kier molecular flexibility index (Phi) is 3.06. The molecule has 0 amide bonds. The first-order valence-corrected chi connectivity index (χ1v) is 5.52. The number of rotatable bonds is 2. The molecule has 2 nitrogen and oxygen atoms in total. The van der Waals surface area contributed by atoms with Crippen LogP contribution in [0.3, 0.4) is 0 Å². The number of nitrogens with two attached hydrogens (primary N) is 1. The van der Waals surface area contributed by atoms with Crippen LogP contribution in [0.15, 0.2) is 42.5 Å². The molecule has 16 heavy (non-hydrogen) atoms. The SMILES string of the molecule is Cc1cccc(-c2ccc(N)cc2)c1NS. The largest absolute Gasteiger partial charge is 0.399 e. The van der Waals surface area contributed by atoms with E-state index in [1.54, 1.807) is 0 Å². The van der Waals surface area contributed by atoms with Gasteiger partial charge in [-0.15, -0.1) is 0 Å². The van der Waals surface area contributed by atoms with Crippen molar-refractivity contribution in [2.45, 2.75) is 6.92 Å². The zero-order valence-corrected chi connectivity index (χ0v) is 9.96. The number of thiol groups is 1. The minimum atomic E-state index is 0.775. The fraction of sp³-hybridized carbons (Fsp3) is 0.0769. The number of hydrogen-bond acceptors (Lipinski definition) is 3. The third-order valence-electron chi connectivity index (χ3n) is 2.61. The van der Waals surface area contributed by atoms with E-state index >= 15 is 0 Å². The van der Waals surface area contributed by atoms with Crippen molar-refractivity contribution in [3.63, 3.8) is 0 Å². The Labute approximate surface area is 101 Å². The second-order valence-corrected chi connectivity index (χ2v) is 3.95. The Morgan fingerprint density at radius 1 is 1.06 bits per heavy atom. The third-order valence-corrected chi connectivity index (χ3v) is 2.83. The van der Waals surface area contributed by atoms with Gasteiger partial charge >= 0.3 is 0 Å². The summed E-state index contributed by atoms with van der Waals surface area (Å²) in [7, 11) is 0. The summed E-state index contributed by atoms with van der Waals surface area (Å²) in [6.07, 6.45) is 0. The first-order chi connectivity index (χ1) is 7.72. The van der Waals surface area contributed by atoms with Crippen LogP contribution in [-0.2, 0) is 0 Å². The van der Waals surface area contributed by atoms with E-state index in [4.69, 9.17) is 5.73 Å². The summed E-state index contributed by atoms with van der Waals surface area (Å²) in [6.45, 7) is 2.05. The summed E-state index contributed by atoms with van der Waals surface area (Å²) in [5, 5.41) is 0. The third kappa shape index (κ3) is 1.99. The highest BCUT2D eigenvalue weighted by Crippen LogP contribution is 2.31. The topological polar surface area (TPSA) is 38.0 Å². The zero-order chi connectivity index (χ0) is 11.5. The molecule has 82 valence electrons. The number of para-hydroxylation sites is 1. The van der Waals surface area contributed by atoms with Gasteiger partial charge in [-0.05, 0) is 30.2 Å². The fourth-order valence-electron chi connectivity index (χ4n) is 1.72. The summed E-state index contributed by atoms with van der Waals surface area (Å²) in [6, 6.07) is 14.0. The number of hydrogen-bond donors (Lipinski definition) is 3. The van der Waals surface area contributed by atoms with Crippen molar-refractivity contribution in [1.29, 1.82) is 0 Å². The Balaban J connectivity index is 2.55. The molecular formula is C13H14N2S. The number of nitrogen functional groups attached to an aromatic ring is 1. The monoisotopic (exact) mass is 230 g/mol. The lowest BCUT2D eigenvalue weighted by Crippen LogP contribution is -1.91. The van der Waals surface area contributed by atoms with Gasteiger partial charge in [-0.1, -0.05) is 43.1 Å². The van der Waals surface area contributed by atoms with Crippen molar-refractivity contribution < 1.29 is 0 Å². The lowest BCUT2D eigenvalue weighted by Gasteiger charge is -2.11. The highest BCUT2D eigenvalue weighted by atomic mass is 32.1. The van der Waals surface area contributed by atoms with E-state index in [9.17, 15) is 0 Å². The number of nitrogens with one attached hydrogen (secondary N) is 1. The smallest absolute Gasteiger partial charge is 0.0546 e. The maximum absolute atomic E-state index is 5.67. The van der Waals surface area contributed by atoms with Crippen LogP contribution in [0.2, 0.25) is 0 Å². The predicted octanol–water partition coefficient (Wildman–Crippen LogP) is 3.50. The Morgan fingerprint density at radius 2 is 1.75 bits per heavy atom. The minimum absolute atomic E-state index is 0.775. The zero-order valence-electron chi connectivity index (χ0n) is 9.07. The molecular weight excluding hydrogens is 216 g/mol. The molecule has 0 atom stereocenters. The second kappa shape index (κ2) is 4.49. The summed E-state index contributed by atoms with van der Waals surface area (Å²) in [5.41, 5.74) is 10.9. The highest BCUT2D eigenvalue weighted by Gasteiger charge is 2.05. The summed E-state index contributed by atoms with van der Waals surface area (Å²) in [5.74, 6) is 0. The van der Waals surface area contributed by atoms with Gasteiger partial charge in [0.05, 0.1) is 5.69 Å². The molecule has 0 aliphatic carbocycles. The number of aryl methyl sites for hydroxylation is 1. The molecule has 0 aromatic heterocycles. The first kappa shape index (κ1) is 10.9. The van der Waals surface area contributed by atoms with E-state index in [1.165, 1.54) is 5.56 Å². The van der Waals surface area contributed by atoms with Gasteiger partial charge in [0.25, 0.3) is 0 Å². The van der Waals surface area contributed by atoms with Crippen LogP contribution < -0.4 is 10.5 Å². The van der Waals surface area contributed by atoms with Gasteiger partial charge in [0.15, 0.2) is 0 Å². The molecule has 0 aliphatic heterocycles. The van der Waals surface area contributed by atoms with E-state index in [-0.39, 0.29) is 0 Å². The van der Waals surface area contributed by atoms with E-state index in [1.807, 2.05) is 30.3 Å². The predicted molar refractivity (Wildman–Crippen MR) is 73.6 cm³/mol. The second-order valence-electron chi connectivity index (χ2n) is 3.73. The van der Waals surface area contributed by atoms with Gasteiger partial charge < -0.3 is 10.5 Å². The van der Waals surface area contributed by atoms with E-state index < -0.39 is 0 Å². The Bertz CT molecular complexity index is 492. The van der Waals surface area contributed by atoms with Crippen molar-refractivity contribution >= 4 is 24.2 Å². The Hall–Kier alpha value is -1.61. The van der Waals surface area contributed by atoms with Crippen LogP contribution >= 0.6 is 12.8 Å². The average molecular weight is 230 g/mol. The molecule has 0 saturated carbocycles. The number of benzene rings is 2. The van der Waals surface area contributed by atoms with Gasteiger partial charge in [0.1, 0.15) is 0 Å². The van der Waals surface area contributed by atoms with Crippen molar-refractivity contribution in [2.24, 2.45) is 0 Å². The lowest BCUT2D eigenvalue weighted by molar-refractivity contribution is 1.46. The van der Waals surface area contributed by atoms with Crippen molar-refractivity contribution in [1.82, 2.24) is 0 Å². The van der Waals surface area contributed by atoms with E-state index in [0.29, 0.717) is 0 Å². The van der Waals surface area contributed by atoms with Gasteiger partial charge in [0, 0.05) is 11.3 Å². The molecule has 0 saturated heterocycles. The maximum atomic E-state index is 5.67. The molecule has 3 N–H and O–H groups in total. The molecule has 2 aromatic carbocycles. The summed E-state index contributed by atoms with van der Waals surface area (Å²) >= 11 is 4.15. The normalized spacial score (nSPS) is 10.1. The van der Waals surface area contributed by atoms with Crippen LogP contribution in [0.4, 0.5) is 11.4 Å². The Morgan fingerprint density at radius 3 is 2.38 bits per heavy atom. The van der Waals surface area contributed by atoms with Crippen LogP contribution in [0, 0.1) is 6.92 Å². The van der Waals surface area contributed by atoms with Gasteiger partial charge in [-0.3, -0.25) is 0 Å². The van der Waals surface area contributed by atoms with E-state index in [2.05, 4.69) is 36.6 Å². The molecule has 0 spiro atoms. The molecule has 0 aliphatic rings. The molecule has 0 fully saturated rings. The van der Waals surface area contributed by atoms with Crippen LogP contribution in [-0.4, -0.2) is 0 Å². The van der Waals surface area contributed by atoms with Crippen molar-refractivity contribution in [3.8, 4) is 11.1 Å². The molecule has 3 heteroatoms. The van der Waals surface area contributed by atoms with Crippen LogP contribution in [0.1, 0.15) is 5.56 Å². The van der Waals surface area contributed by atoms with Crippen LogP contribution in [0.25, 0.3) is 11.1 Å². The van der Waals surface area contributed by atoms with Gasteiger partial charge in [-0.2, -0.15) is 0 Å². The van der Waals surface area contributed by atoms with E-state index in [0.717, 1.165) is 22.5 Å². The maximum Gasteiger partial charge on any atom is 0.0546 e. The van der Waals surface area contributed by atoms with Gasteiger partial charge in [-0.25, -0.2) is 0 Å². The first-order valence-electron chi connectivity index (χ1n) is 5.08. The highest BCUT2D eigenvalue weighted by molar-refractivity contribution is 7.81. The molecule has 0 unspecified atom stereocenters. The summed E-state index contributed by atoms with van der Waals surface area (Å²) in [4.78, 5) is 0. The fourth-order valence-corrected chi connectivity index (χ4v) is 2.02. The van der Waals surface area contributed by atoms with Crippen molar-refractivity contribution in [2.75, 3.05) is 10.5 Å². The quantitative estimate of drug-likeness (QED) is 0.545. The standard InChI is InChI=1S/C13H14N2S/c1-9-3-2-4-12(13(9)15-16)10-5-7-11(14)8-6-10/h2-8,15-16H,14H2,1H3. The molecule has 0 heterocycles. The molecule has 0 radical (unpaired) electrons. The average Bonchev–Trinajstić information content (AvgIpc) is 2.30. The molecule has 2 rings (SSSR count). The van der Waals surface area contributed by atoms with Gasteiger partial charge in [0.2, 0.25) is 0 Å². The summed E-state index contributed by atoms with van der Waals surface area (Å²) < 4.78 is 2.94.